The minimum absolute atomic E-state index is 0.193. The highest BCUT2D eigenvalue weighted by atomic mass is 35.5. The lowest BCUT2D eigenvalue weighted by Crippen LogP contribution is -2.35. The summed E-state index contributed by atoms with van der Waals surface area (Å²) in [6, 6.07) is 13.9. The highest BCUT2D eigenvalue weighted by molar-refractivity contribution is 6.30. The Labute approximate surface area is 143 Å². The van der Waals surface area contributed by atoms with Gasteiger partial charge in [-0.2, -0.15) is 0 Å². The van der Waals surface area contributed by atoms with Gasteiger partial charge < -0.3 is 5.32 Å². The molecule has 0 unspecified atom stereocenters. The van der Waals surface area contributed by atoms with Crippen LogP contribution in [0.4, 0.5) is 0 Å². The van der Waals surface area contributed by atoms with Gasteiger partial charge in [-0.05, 0) is 36.8 Å². The maximum absolute atomic E-state index is 12.3. The number of hydrogen-bond acceptors (Lipinski definition) is 4. The van der Waals surface area contributed by atoms with Gasteiger partial charge in [0.15, 0.2) is 0 Å². The van der Waals surface area contributed by atoms with Crippen LogP contribution in [0.15, 0.2) is 53.3 Å². The first kappa shape index (κ1) is 16.1. The maximum atomic E-state index is 12.3. The number of nitrogens with zero attached hydrogens (tertiary/aromatic N) is 3. The Morgan fingerprint density at radius 3 is 2.83 bits per heavy atom. The molecule has 0 saturated heterocycles. The SMILES string of the molecule is C[C@@H](NC(=O)Cn1nnc2ccccc2c1=O)c1cccc(Cl)c1. The van der Waals surface area contributed by atoms with Crippen molar-refractivity contribution in [3.63, 3.8) is 0 Å². The van der Waals surface area contributed by atoms with Crippen molar-refractivity contribution in [2.24, 2.45) is 0 Å². The van der Waals surface area contributed by atoms with E-state index in [2.05, 4.69) is 15.6 Å². The second-order valence-electron chi connectivity index (χ2n) is 5.41. The Kier molecular flexibility index (Phi) is 4.57. The highest BCUT2D eigenvalue weighted by Crippen LogP contribution is 2.17. The molecule has 0 aliphatic rings. The molecule has 0 radical (unpaired) electrons. The third-order valence-corrected chi connectivity index (χ3v) is 3.88. The van der Waals surface area contributed by atoms with E-state index < -0.39 is 0 Å². The van der Waals surface area contributed by atoms with Crippen molar-refractivity contribution in [1.29, 1.82) is 0 Å². The number of rotatable bonds is 4. The van der Waals surface area contributed by atoms with Crippen molar-refractivity contribution in [1.82, 2.24) is 20.3 Å². The van der Waals surface area contributed by atoms with Gasteiger partial charge >= 0.3 is 0 Å². The number of halogens is 1. The summed E-state index contributed by atoms with van der Waals surface area (Å²) in [5, 5.41) is 11.6. The van der Waals surface area contributed by atoms with Crippen LogP contribution in [0, 0.1) is 0 Å². The zero-order valence-corrected chi connectivity index (χ0v) is 13.7. The summed E-state index contributed by atoms with van der Waals surface area (Å²) < 4.78 is 1.06. The van der Waals surface area contributed by atoms with Gasteiger partial charge in [-0.3, -0.25) is 9.59 Å². The first-order valence-electron chi connectivity index (χ1n) is 7.42. The molecule has 1 aromatic heterocycles. The Bertz CT molecular complexity index is 954. The summed E-state index contributed by atoms with van der Waals surface area (Å²) >= 11 is 5.96. The fourth-order valence-corrected chi connectivity index (χ4v) is 2.61. The van der Waals surface area contributed by atoms with E-state index >= 15 is 0 Å². The molecule has 1 heterocycles. The lowest BCUT2D eigenvalue weighted by Gasteiger charge is -2.14. The maximum Gasteiger partial charge on any atom is 0.278 e. The molecule has 0 aliphatic carbocycles. The molecule has 122 valence electrons. The van der Waals surface area contributed by atoms with E-state index in [0.717, 1.165) is 10.2 Å². The number of fused-ring (bicyclic) bond motifs is 1. The standard InChI is InChI=1S/C17H15ClN4O2/c1-11(12-5-4-6-13(18)9-12)19-16(23)10-22-17(24)14-7-2-3-8-15(14)20-21-22/h2-9,11H,10H2,1H3,(H,19,23)/t11-/m1/s1. The van der Waals surface area contributed by atoms with E-state index in [1.54, 1.807) is 36.4 Å². The van der Waals surface area contributed by atoms with Gasteiger partial charge in [-0.25, -0.2) is 4.68 Å². The van der Waals surface area contributed by atoms with Crippen LogP contribution in [0.1, 0.15) is 18.5 Å². The molecule has 1 atom stereocenters. The molecular formula is C17H15ClN4O2. The van der Waals surface area contributed by atoms with Crippen molar-refractivity contribution in [2.45, 2.75) is 19.5 Å². The average molecular weight is 343 g/mol. The Morgan fingerprint density at radius 2 is 2.04 bits per heavy atom. The van der Waals surface area contributed by atoms with Gasteiger partial charge in [-0.1, -0.05) is 41.1 Å². The molecule has 0 aliphatic heterocycles. The zero-order valence-electron chi connectivity index (χ0n) is 12.9. The molecule has 1 N–H and O–H groups in total. The lowest BCUT2D eigenvalue weighted by atomic mass is 10.1. The fourth-order valence-electron chi connectivity index (χ4n) is 2.41. The minimum Gasteiger partial charge on any atom is -0.348 e. The van der Waals surface area contributed by atoms with Gasteiger partial charge in [0.2, 0.25) is 5.91 Å². The fraction of sp³-hybridized carbons (Fsp3) is 0.176. The first-order valence-corrected chi connectivity index (χ1v) is 7.80. The number of aromatic nitrogens is 3. The monoisotopic (exact) mass is 342 g/mol. The normalized spacial score (nSPS) is 12.1. The Morgan fingerprint density at radius 1 is 1.25 bits per heavy atom. The van der Waals surface area contributed by atoms with E-state index in [9.17, 15) is 9.59 Å². The van der Waals surface area contributed by atoms with Gasteiger partial charge in [0, 0.05) is 5.02 Å². The Balaban J connectivity index is 1.75. The molecule has 0 bridgehead atoms. The van der Waals surface area contributed by atoms with Crippen LogP contribution < -0.4 is 10.9 Å². The van der Waals surface area contributed by atoms with E-state index in [4.69, 9.17) is 11.6 Å². The van der Waals surface area contributed by atoms with E-state index in [0.29, 0.717) is 15.9 Å². The predicted octanol–water partition coefficient (Wildman–Crippen LogP) is 2.32. The highest BCUT2D eigenvalue weighted by Gasteiger charge is 2.13. The van der Waals surface area contributed by atoms with Crippen molar-refractivity contribution in [3.8, 4) is 0 Å². The van der Waals surface area contributed by atoms with E-state index in [1.165, 1.54) is 0 Å². The van der Waals surface area contributed by atoms with Gasteiger partial charge in [-0.15, -0.1) is 5.10 Å². The number of hydrogen-bond donors (Lipinski definition) is 1. The van der Waals surface area contributed by atoms with Crippen LogP contribution in [-0.4, -0.2) is 20.9 Å². The summed E-state index contributed by atoms with van der Waals surface area (Å²) in [7, 11) is 0. The molecular weight excluding hydrogens is 328 g/mol. The number of amides is 1. The smallest absolute Gasteiger partial charge is 0.278 e. The Hall–Kier alpha value is -2.73. The molecule has 0 spiro atoms. The van der Waals surface area contributed by atoms with Crippen LogP contribution in [0.3, 0.4) is 0 Å². The van der Waals surface area contributed by atoms with Crippen molar-refractivity contribution >= 4 is 28.4 Å². The summed E-state index contributed by atoms with van der Waals surface area (Å²) in [5.41, 5.74) is 1.05. The van der Waals surface area contributed by atoms with E-state index in [-0.39, 0.29) is 24.1 Å². The van der Waals surface area contributed by atoms with Crippen molar-refractivity contribution < 1.29 is 4.79 Å². The van der Waals surface area contributed by atoms with Crippen molar-refractivity contribution in [2.75, 3.05) is 0 Å². The summed E-state index contributed by atoms with van der Waals surface area (Å²) in [4.78, 5) is 24.5. The molecule has 24 heavy (non-hydrogen) atoms. The largest absolute Gasteiger partial charge is 0.348 e. The van der Waals surface area contributed by atoms with Gasteiger partial charge in [0.25, 0.3) is 5.56 Å². The third-order valence-electron chi connectivity index (χ3n) is 3.65. The molecule has 3 rings (SSSR count). The molecule has 1 amide bonds. The summed E-state index contributed by atoms with van der Waals surface area (Å²) in [5.74, 6) is -0.325. The first-order chi connectivity index (χ1) is 11.5. The third kappa shape index (κ3) is 3.44. The molecule has 0 fully saturated rings. The van der Waals surface area contributed by atoms with Crippen LogP contribution >= 0.6 is 11.6 Å². The second kappa shape index (κ2) is 6.80. The van der Waals surface area contributed by atoms with Gasteiger partial charge in [0.05, 0.1) is 11.4 Å². The number of benzene rings is 2. The number of carbonyl (C=O) groups is 1. The molecule has 0 saturated carbocycles. The van der Waals surface area contributed by atoms with E-state index in [1.807, 2.05) is 19.1 Å². The summed E-state index contributed by atoms with van der Waals surface area (Å²) in [6.07, 6.45) is 0. The number of carbonyl (C=O) groups excluding carboxylic acids is 1. The molecule has 7 heteroatoms. The molecule has 3 aromatic rings. The van der Waals surface area contributed by atoms with Crippen molar-refractivity contribution in [3.05, 3.63) is 69.5 Å². The van der Waals surface area contributed by atoms with Crippen LogP contribution in [0.2, 0.25) is 5.02 Å². The average Bonchev–Trinajstić information content (AvgIpc) is 2.57. The summed E-state index contributed by atoms with van der Waals surface area (Å²) in [6.45, 7) is 1.65. The topological polar surface area (TPSA) is 76.9 Å². The van der Waals surface area contributed by atoms with Gasteiger partial charge in [0.1, 0.15) is 12.1 Å². The zero-order chi connectivity index (χ0) is 17.1. The minimum atomic E-state index is -0.342. The van der Waals surface area contributed by atoms with Crippen LogP contribution in [0.5, 0.6) is 0 Å². The molecule has 6 nitrogen and oxygen atoms in total. The quantitative estimate of drug-likeness (QED) is 0.789. The van der Waals surface area contributed by atoms with Crippen LogP contribution in [0.25, 0.3) is 10.9 Å². The predicted molar refractivity (Wildman–Crippen MR) is 91.8 cm³/mol. The van der Waals surface area contributed by atoms with Crippen LogP contribution in [-0.2, 0) is 11.3 Å². The second-order valence-corrected chi connectivity index (χ2v) is 5.85. The molecule has 2 aromatic carbocycles. The lowest BCUT2D eigenvalue weighted by molar-refractivity contribution is -0.122. The number of nitrogens with one attached hydrogen (secondary N) is 1.